The SMILES string of the molecule is CC(C)=CCC[C@](C)(O)[C@@H]1CC[C@]2(C)[C@@H]1[C@H](O)C[C@@H]1[C@]3(C)CC[C@H](O)C(C)(C)[C@@H]3[C@@H](O)C[C@]12C. The molecule has 4 saturated carbocycles. The number of aliphatic hydroxyl groups excluding tert-OH is 3. The van der Waals surface area contributed by atoms with Gasteiger partial charge in [-0.05, 0) is 117 Å². The van der Waals surface area contributed by atoms with E-state index in [1.54, 1.807) is 0 Å². The van der Waals surface area contributed by atoms with Crippen LogP contribution in [0.15, 0.2) is 11.6 Å². The molecule has 0 aromatic rings. The maximum atomic E-state index is 11.8. The Morgan fingerprint density at radius 3 is 2.21 bits per heavy atom. The highest BCUT2D eigenvalue weighted by Gasteiger charge is 2.72. The monoisotopic (exact) mass is 476 g/mol. The maximum absolute atomic E-state index is 11.8. The van der Waals surface area contributed by atoms with Crippen molar-refractivity contribution in [2.24, 2.45) is 45.3 Å². The zero-order valence-electron chi connectivity index (χ0n) is 23.1. The fourth-order valence-electron chi connectivity index (χ4n) is 10.5. The first kappa shape index (κ1) is 26.6. The van der Waals surface area contributed by atoms with Crippen LogP contribution >= 0.6 is 0 Å². The average Bonchev–Trinajstić information content (AvgIpc) is 3.07. The third-order valence-electron chi connectivity index (χ3n) is 12.3. The second-order valence-corrected chi connectivity index (χ2v) is 14.7. The number of hydrogen-bond acceptors (Lipinski definition) is 4. The van der Waals surface area contributed by atoms with Crippen LogP contribution in [0.25, 0.3) is 0 Å². The van der Waals surface area contributed by atoms with Gasteiger partial charge in [0.25, 0.3) is 0 Å². The van der Waals surface area contributed by atoms with E-state index in [0.29, 0.717) is 5.92 Å². The van der Waals surface area contributed by atoms with E-state index < -0.39 is 23.9 Å². The molecule has 0 saturated heterocycles. The quantitative estimate of drug-likeness (QED) is 0.406. The highest BCUT2D eigenvalue weighted by atomic mass is 16.3. The molecule has 0 bridgehead atoms. The summed E-state index contributed by atoms with van der Waals surface area (Å²) in [5.41, 5.74) is -0.230. The van der Waals surface area contributed by atoms with Gasteiger partial charge >= 0.3 is 0 Å². The molecule has 34 heavy (non-hydrogen) atoms. The molecule has 0 spiro atoms. The van der Waals surface area contributed by atoms with Crippen LogP contribution in [-0.2, 0) is 0 Å². The summed E-state index contributed by atoms with van der Waals surface area (Å²) in [7, 11) is 0. The van der Waals surface area contributed by atoms with Gasteiger partial charge in [0.15, 0.2) is 0 Å². The molecule has 4 fully saturated rings. The second-order valence-electron chi connectivity index (χ2n) is 14.7. The highest BCUT2D eigenvalue weighted by Crippen LogP contribution is 2.75. The minimum atomic E-state index is -0.810. The van der Waals surface area contributed by atoms with Gasteiger partial charge in [0, 0.05) is 0 Å². The van der Waals surface area contributed by atoms with E-state index in [9.17, 15) is 20.4 Å². The van der Waals surface area contributed by atoms with Gasteiger partial charge in [0.1, 0.15) is 0 Å². The van der Waals surface area contributed by atoms with Crippen molar-refractivity contribution in [2.75, 3.05) is 0 Å². The summed E-state index contributed by atoms with van der Waals surface area (Å²) in [5.74, 6) is 0.442. The summed E-state index contributed by atoms with van der Waals surface area (Å²) in [4.78, 5) is 0. The third-order valence-corrected chi connectivity index (χ3v) is 12.3. The van der Waals surface area contributed by atoms with E-state index in [1.807, 2.05) is 6.92 Å². The maximum Gasteiger partial charge on any atom is 0.0654 e. The molecule has 0 heterocycles. The van der Waals surface area contributed by atoms with Crippen molar-refractivity contribution >= 4 is 0 Å². The van der Waals surface area contributed by atoms with Crippen LogP contribution in [0.1, 0.15) is 107 Å². The van der Waals surface area contributed by atoms with E-state index in [1.165, 1.54) is 5.57 Å². The lowest BCUT2D eigenvalue weighted by Gasteiger charge is -2.71. The second kappa shape index (κ2) is 8.30. The van der Waals surface area contributed by atoms with Crippen LogP contribution in [0, 0.1) is 45.3 Å². The fraction of sp³-hybridized carbons (Fsp3) is 0.933. The van der Waals surface area contributed by atoms with Crippen molar-refractivity contribution in [2.45, 2.75) is 131 Å². The first-order valence-corrected chi connectivity index (χ1v) is 13.9. The van der Waals surface area contributed by atoms with Gasteiger partial charge in [-0.1, -0.05) is 46.3 Å². The number of allylic oxidation sites excluding steroid dienone is 2. The zero-order chi connectivity index (χ0) is 25.5. The Hall–Kier alpha value is -0.420. The molecule has 4 nitrogen and oxygen atoms in total. The van der Waals surface area contributed by atoms with E-state index in [-0.39, 0.29) is 39.4 Å². The van der Waals surface area contributed by atoms with Crippen LogP contribution < -0.4 is 0 Å². The van der Waals surface area contributed by atoms with E-state index in [0.717, 1.165) is 51.4 Å². The van der Waals surface area contributed by atoms with E-state index in [4.69, 9.17) is 0 Å². The first-order valence-electron chi connectivity index (χ1n) is 13.9. The summed E-state index contributed by atoms with van der Waals surface area (Å²) in [5, 5.41) is 46.0. The summed E-state index contributed by atoms with van der Waals surface area (Å²) in [6, 6.07) is 0. The highest BCUT2D eigenvalue weighted by molar-refractivity contribution is 5.21. The normalized spacial score (nSPS) is 51.6. The minimum Gasteiger partial charge on any atom is -0.393 e. The topological polar surface area (TPSA) is 80.9 Å². The Morgan fingerprint density at radius 2 is 1.59 bits per heavy atom. The van der Waals surface area contributed by atoms with Crippen molar-refractivity contribution in [1.29, 1.82) is 0 Å². The molecule has 0 radical (unpaired) electrons. The molecule has 11 atom stereocenters. The molecule has 4 rings (SSSR count). The Labute approximate surface area is 208 Å². The third kappa shape index (κ3) is 3.60. The first-order chi connectivity index (χ1) is 15.5. The lowest BCUT2D eigenvalue weighted by Crippen LogP contribution is -2.69. The molecule has 0 aromatic carbocycles. The average molecular weight is 477 g/mol. The summed E-state index contributed by atoms with van der Waals surface area (Å²) in [6.45, 7) is 17.5. The van der Waals surface area contributed by atoms with Crippen molar-refractivity contribution in [3.8, 4) is 0 Å². The van der Waals surface area contributed by atoms with E-state index >= 15 is 0 Å². The summed E-state index contributed by atoms with van der Waals surface area (Å²) >= 11 is 0. The Bertz CT molecular complexity index is 813. The smallest absolute Gasteiger partial charge is 0.0654 e. The van der Waals surface area contributed by atoms with Gasteiger partial charge in [-0.2, -0.15) is 0 Å². The van der Waals surface area contributed by atoms with Crippen molar-refractivity contribution in [3.05, 3.63) is 11.6 Å². The van der Waals surface area contributed by atoms with Crippen molar-refractivity contribution in [1.82, 2.24) is 0 Å². The van der Waals surface area contributed by atoms with Crippen LogP contribution in [0.4, 0.5) is 0 Å². The molecule has 4 heteroatoms. The lowest BCUT2D eigenvalue weighted by atomic mass is 9.34. The van der Waals surface area contributed by atoms with Gasteiger partial charge in [-0.3, -0.25) is 0 Å². The summed E-state index contributed by atoms with van der Waals surface area (Å²) in [6.07, 6.45) is 7.54. The number of hydrogen-bond donors (Lipinski definition) is 4. The minimum absolute atomic E-state index is 0.0264. The Morgan fingerprint density at radius 1 is 0.941 bits per heavy atom. The predicted molar refractivity (Wildman–Crippen MR) is 137 cm³/mol. The van der Waals surface area contributed by atoms with Crippen LogP contribution in [0.3, 0.4) is 0 Å². The zero-order valence-corrected chi connectivity index (χ0v) is 23.1. The van der Waals surface area contributed by atoms with Crippen molar-refractivity contribution in [3.63, 3.8) is 0 Å². The van der Waals surface area contributed by atoms with Gasteiger partial charge in [-0.15, -0.1) is 0 Å². The molecule has 4 aliphatic carbocycles. The predicted octanol–water partition coefficient (Wildman–Crippen LogP) is 5.47. The molecular formula is C30H52O4. The lowest BCUT2D eigenvalue weighted by molar-refractivity contribution is -0.274. The standard InChI is InChI=1S/C30H52O4/c1-18(2)10-9-13-30(8,34)19-11-15-28(6)24(19)20(31)16-22-27(5)14-12-23(33)26(3,4)25(27)21(32)17-29(22,28)7/h10,19-25,31-34H,9,11-17H2,1-8H3/t19-,20-,21+,22-,23+,24+,25+,27+,28-,29-,30+/m1/s1. The molecule has 0 aromatic heterocycles. The molecule has 0 aliphatic heterocycles. The molecule has 196 valence electrons. The van der Waals surface area contributed by atoms with E-state index in [2.05, 4.69) is 54.5 Å². The Kier molecular flexibility index (Phi) is 6.50. The summed E-state index contributed by atoms with van der Waals surface area (Å²) < 4.78 is 0. The van der Waals surface area contributed by atoms with Gasteiger partial charge in [0.2, 0.25) is 0 Å². The molecule has 0 unspecified atom stereocenters. The number of aliphatic hydroxyl groups is 4. The molecule has 4 N–H and O–H groups in total. The largest absolute Gasteiger partial charge is 0.393 e. The molecule has 0 amide bonds. The van der Waals surface area contributed by atoms with Crippen molar-refractivity contribution < 1.29 is 20.4 Å². The van der Waals surface area contributed by atoms with Gasteiger partial charge in [0.05, 0.1) is 23.9 Å². The Balaban J connectivity index is 1.70. The number of rotatable bonds is 4. The van der Waals surface area contributed by atoms with Crippen LogP contribution in [0.2, 0.25) is 0 Å². The molecular weight excluding hydrogens is 424 g/mol. The van der Waals surface area contributed by atoms with Gasteiger partial charge < -0.3 is 20.4 Å². The number of fused-ring (bicyclic) bond motifs is 5. The molecule has 4 aliphatic rings. The van der Waals surface area contributed by atoms with Crippen LogP contribution in [-0.4, -0.2) is 44.3 Å². The fourth-order valence-corrected chi connectivity index (χ4v) is 10.5. The van der Waals surface area contributed by atoms with Crippen LogP contribution in [0.5, 0.6) is 0 Å². The van der Waals surface area contributed by atoms with Gasteiger partial charge in [-0.25, -0.2) is 0 Å².